The Labute approximate surface area is 148 Å². The molecule has 4 nitrogen and oxygen atoms in total. The Morgan fingerprint density at radius 2 is 1.48 bits per heavy atom. The van der Waals surface area contributed by atoms with Crippen molar-refractivity contribution in [2.45, 2.75) is 24.6 Å². The van der Waals surface area contributed by atoms with Gasteiger partial charge in [0.2, 0.25) is 0 Å². The number of hydrogen-bond acceptors (Lipinski definition) is 3. The van der Waals surface area contributed by atoms with Gasteiger partial charge >= 0.3 is 18.3 Å². The molecule has 146 valence electrons. The highest BCUT2D eigenvalue weighted by molar-refractivity contribution is 5.87. The Bertz CT molecular complexity index is 797. The first-order valence-corrected chi connectivity index (χ1v) is 7.27. The van der Waals surface area contributed by atoms with E-state index in [2.05, 4.69) is 0 Å². The number of benzene rings is 2. The third-order valence-electron chi connectivity index (χ3n) is 3.67. The molecule has 0 spiro atoms. The van der Waals surface area contributed by atoms with Crippen LogP contribution in [0, 0.1) is 0 Å². The fourth-order valence-electron chi connectivity index (χ4n) is 2.24. The van der Waals surface area contributed by atoms with Gasteiger partial charge < -0.3 is 14.9 Å². The fraction of sp³-hybridized carbons (Fsp3) is 0.235. The molecule has 0 radical (unpaired) electrons. The van der Waals surface area contributed by atoms with E-state index in [0.29, 0.717) is 17.7 Å². The van der Waals surface area contributed by atoms with Crippen molar-refractivity contribution in [2.75, 3.05) is 0 Å². The van der Waals surface area contributed by atoms with E-state index < -0.39 is 29.5 Å². The second-order valence-electron chi connectivity index (χ2n) is 5.52. The molecule has 0 saturated heterocycles. The highest BCUT2D eigenvalue weighted by Crippen LogP contribution is 2.50. The van der Waals surface area contributed by atoms with Crippen molar-refractivity contribution in [2.24, 2.45) is 0 Å². The first-order chi connectivity index (χ1) is 12.4. The van der Waals surface area contributed by atoms with E-state index >= 15 is 0 Å². The minimum absolute atomic E-state index is 0.00753. The second kappa shape index (κ2) is 7.10. The van der Waals surface area contributed by atoms with Gasteiger partial charge in [0, 0.05) is 5.56 Å². The standard InChI is InChI=1S/C17H12F6O4/c18-16(19,20)15(26,17(21,22)23)12-4-6-13(7-5-12)27-9-10-2-1-3-11(8-10)14(24)25/h1-8,26H,9H2,(H,24,25). The Morgan fingerprint density at radius 3 is 1.96 bits per heavy atom. The van der Waals surface area contributed by atoms with Crippen molar-refractivity contribution in [3.05, 3.63) is 65.2 Å². The molecule has 0 bridgehead atoms. The average molecular weight is 394 g/mol. The monoisotopic (exact) mass is 394 g/mol. The van der Waals surface area contributed by atoms with E-state index in [1.54, 1.807) is 0 Å². The molecule has 10 heteroatoms. The van der Waals surface area contributed by atoms with Crippen LogP contribution in [0.1, 0.15) is 21.5 Å². The zero-order valence-corrected chi connectivity index (χ0v) is 13.3. The number of carbonyl (C=O) groups is 1. The molecule has 2 aromatic rings. The maximum Gasteiger partial charge on any atom is 0.430 e. The molecule has 0 fully saturated rings. The summed E-state index contributed by atoms with van der Waals surface area (Å²) in [5.74, 6) is -1.23. The van der Waals surface area contributed by atoms with Gasteiger partial charge in [0.25, 0.3) is 5.60 Å². The van der Waals surface area contributed by atoms with Gasteiger partial charge in [0.05, 0.1) is 5.56 Å². The SMILES string of the molecule is O=C(O)c1cccc(COc2ccc(C(O)(C(F)(F)F)C(F)(F)F)cc2)c1. The highest BCUT2D eigenvalue weighted by atomic mass is 19.4. The summed E-state index contributed by atoms with van der Waals surface area (Å²) in [4.78, 5) is 10.9. The Kier molecular flexibility index (Phi) is 5.41. The van der Waals surface area contributed by atoms with Gasteiger partial charge in [-0.25, -0.2) is 4.79 Å². The summed E-state index contributed by atoms with van der Waals surface area (Å²) in [5.41, 5.74) is -5.98. The molecule has 0 atom stereocenters. The number of halogens is 6. The van der Waals surface area contributed by atoms with Crippen LogP contribution in [-0.2, 0) is 12.2 Å². The molecule has 2 N–H and O–H groups in total. The van der Waals surface area contributed by atoms with E-state index in [-0.39, 0.29) is 17.9 Å². The van der Waals surface area contributed by atoms with E-state index in [0.717, 1.165) is 12.1 Å². The van der Waals surface area contributed by atoms with Crippen LogP contribution in [0.15, 0.2) is 48.5 Å². The van der Waals surface area contributed by atoms with Crippen LogP contribution in [0.25, 0.3) is 0 Å². The first kappa shape index (κ1) is 20.6. The van der Waals surface area contributed by atoms with E-state index in [1.807, 2.05) is 0 Å². The number of alkyl halides is 6. The molecule has 0 heterocycles. The summed E-state index contributed by atoms with van der Waals surface area (Å²) in [6.07, 6.45) is -11.9. The maximum absolute atomic E-state index is 12.8. The number of rotatable bonds is 5. The number of hydrogen-bond donors (Lipinski definition) is 2. The van der Waals surface area contributed by atoms with Crippen molar-refractivity contribution in [1.29, 1.82) is 0 Å². The van der Waals surface area contributed by atoms with Crippen molar-refractivity contribution in [1.82, 2.24) is 0 Å². The van der Waals surface area contributed by atoms with Gasteiger partial charge in [-0.2, -0.15) is 26.3 Å². The molecule has 0 aliphatic carbocycles. The van der Waals surface area contributed by atoms with Crippen LogP contribution >= 0.6 is 0 Å². The van der Waals surface area contributed by atoms with Crippen molar-refractivity contribution < 1.29 is 46.1 Å². The fourth-order valence-corrected chi connectivity index (χ4v) is 2.24. The smallest absolute Gasteiger partial charge is 0.430 e. The minimum Gasteiger partial charge on any atom is -0.489 e. The summed E-state index contributed by atoms with van der Waals surface area (Å²) in [7, 11) is 0. The van der Waals surface area contributed by atoms with Gasteiger partial charge in [-0.1, -0.05) is 24.3 Å². The quantitative estimate of drug-likeness (QED) is 0.744. The number of carboxylic acid groups (broad SMARTS) is 1. The lowest BCUT2D eigenvalue weighted by atomic mass is 9.92. The largest absolute Gasteiger partial charge is 0.489 e. The Morgan fingerprint density at radius 1 is 0.926 bits per heavy atom. The summed E-state index contributed by atoms with van der Waals surface area (Å²) in [6.45, 7) is -0.163. The molecule has 2 rings (SSSR count). The Balaban J connectivity index is 2.20. The molecule has 27 heavy (non-hydrogen) atoms. The average Bonchev–Trinajstić information content (AvgIpc) is 2.58. The van der Waals surface area contributed by atoms with Crippen LogP contribution in [0.5, 0.6) is 5.75 Å². The summed E-state index contributed by atoms with van der Waals surface area (Å²) < 4.78 is 82.1. The molecule has 0 aliphatic heterocycles. The van der Waals surface area contributed by atoms with Crippen LogP contribution < -0.4 is 4.74 Å². The molecule has 0 unspecified atom stereocenters. The lowest BCUT2D eigenvalue weighted by Crippen LogP contribution is -2.53. The molecule has 0 saturated carbocycles. The predicted octanol–water partition coefficient (Wildman–Crippen LogP) is 4.28. The normalized spacial score (nSPS) is 12.7. The Hall–Kier alpha value is -2.75. The van der Waals surface area contributed by atoms with E-state index in [9.17, 15) is 36.2 Å². The predicted molar refractivity (Wildman–Crippen MR) is 80.2 cm³/mol. The summed E-state index contributed by atoms with van der Waals surface area (Å²) in [6, 6.07) is 8.26. The number of carboxylic acids is 1. The second-order valence-corrected chi connectivity index (χ2v) is 5.52. The number of aliphatic hydroxyl groups is 1. The topological polar surface area (TPSA) is 66.8 Å². The van der Waals surface area contributed by atoms with Crippen molar-refractivity contribution >= 4 is 5.97 Å². The first-order valence-electron chi connectivity index (χ1n) is 7.27. The van der Waals surface area contributed by atoms with E-state index in [1.165, 1.54) is 24.3 Å². The molecular formula is C17H12F6O4. The van der Waals surface area contributed by atoms with Gasteiger partial charge in [-0.3, -0.25) is 0 Å². The lowest BCUT2D eigenvalue weighted by Gasteiger charge is -2.32. The van der Waals surface area contributed by atoms with Gasteiger partial charge in [0.1, 0.15) is 12.4 Å². The molecule has 2 aromatic carbocycles. The summed E-state index contributed by atoms with van der Waals surface area (Å²) >= 11 is 0. The van der Waals surface area contributed by atoms with Crippen LogP contribution in [0.2, 0.25) is 0 Å². The third kappa shape index (κ3) is 4.16. The van der Waals surface area contributed by atoms with Gasteiger partial charge in [-0.15, -0.1) is 0 Å². The highest BCUT2D eigenvalue weighted by Gasteiger charge is 2.71. The van der Waals surface area contributed by atoms with Gasteiger partial charge in [-0.05, 0) is 29.8 Å². The zero-order valence-electron chi connectivity index (χ0n) is 13.3. The third-order valence-corrected chi connectivity index (χ3v) is 3.67. The minimum atomic E-state index is -5.97. The molecule has 0 amide bonds. The maximum atomic E-state index is 12.8. The van der Waals surface area contributed by atoms with Crippen LogP contribution in [0.3, 0.4) is 0 Å². The van der Waals surface area contributed by atoms with Crippen molar-refractivity contribution in [3.63, 3.8) is 0 Å². The zero-order chi connectivity index (χ0) is 20.5. The summed E-state index contributed by atoms with van der Waals surface area (Å²) in [5, 5.41) is 18.2. The van der Waals surface area contributed by atoms with Crippen LogP contribution in [0.4, 0.5) is 26.3 Å². The van der Waals surface area contributed by atoms with Gasteiger partial charge in [0.15, 0.2) is 0 Å². The molecule has 0 aromatic heterocycles. The van der Waals surface area contributed by atoms with E-state index in [4.69, 9.17) is 9.84 Å². The lowest BCUT2D eigenvalue weighted by molar-refractivity contribution is -0.376. The number of ether oxygens (including phenoxy) is 1. The number of aromatic carboxylic acids is 1. The molecular weight excluding hydrogens is 382 g/mol. The van der Waals surface area contributed by atoms with Crippen molar-refractivity contribution in [3.8, 4) is 5.75 Å². The van der Waals surface area contributed by atoms with Crippen LogP contribution in [-0.4, -0.2) is 28.5 Å². The molecule has 0 aliphatic rings.